The van der Waals surface area contributed by atoms with Gasteiger partial charge >= 0.3 is 5.43 Å². The van der Waals surface area contributed by atoms with E-state index >= 15 is 0 Å². The smallest absolute Gasteiger partial charge is 0.404 e. The lowest BCUT2D eigenvalue weighted by atomic mass is 10.2. The normalized spacial score (nSPS) is 9.77. The van der Waals surface area contributed by atoms with Crippen LogP contribution in [0.2, 0.25) is 5.02 Å². The summed E-state index contributed by atoms with van der Waals surface area (Å²) in [6.07, 6.45) is 0. The number of halogens is 3. The molecule has 0 atom stereocenters. The fourth-order valence-corrected chi connectivity index (χ4v) is 1.56. The zero-order valence-corrected chi connectivity index (χ0v) is 9.49. The van der Waals surface area contributed by atoms with E-state index in [1.54, 1.807) is 12.1 Å². The van der Waals surface area contributed by atoms with Crippen LogP contribution in [0.5, 0.6) is 0 Å². The van der Waals surface area contributed by atoms with Gasteiger partial charge in [0.15, 0.2) is 0 Å². The summed E-state index contributed by atoms with van der Waals surface area (Å²) in [6.45, 7) is 0.0917. The van der Waals surface area contributed by atoms with Crippen molar-refractivity contribution >= 4 is 44.6 Å². The number of rotatable bonds is 2. The van der Waals surface area contributed by atoms with Crippen LogP contribution in [-0.2, 0) is 11.3 Å². The van der Waals surface area contributed by atoms with E-state index in [0.717, 1.165) is 10.0 Å². The molecule has 0 saturated carbocycles. The Labute approximate surface area is 93.9 Å². The fourth-order valence-electron chi connectivity index (χ4n) is 0.773. The Kier molecular flexibility index (Phi) is 4.03. The van der Waals surface area contributed by atoms with Gasteiger partial charge < -0.3 is 4.74 Å². The molecule has 0 bridgehead atoms. The Morgan fingerprint density at radius 1 is 1.54 bits per heavy atom. The molecule has 2 nitrogen and oxygen atoms in total. The molecule has 0 heterocycles. The van der Waals surface area contributed by atoms with E-state index in [2.05, 4.69) is 20.7 Å². The zero-order chi connectivity index (χ0) is 9.84. The average Bonchev–Trinajstić information content (AvgIpc) is 2.02. The van der Waals surface area contributed by atoms with Crippen LogP contribution >= 0.6 is 39.1 Å². The highest BCUT2D eigenvalue weighted by molar-refractivity contribution is 9.10. The van der Waals surface area contributed by atoms with Gasteiger partial charge in [-0.05, 0) is 12.1 Å². The lowest BCUT2D eigenvalue weighted by molar-refractivity contribution is 0.167. The van der Waals surface area contributed by atoms with Crippen LogP contribution in [0.4, 0.5) is 4.79 Å². The van der Waals surface area contributed by atoms with Crippen LogP contribution in [-0.4, -0.2) is 5.43 Å². The predicted octanol–water partition coefficient (Wildman–Crippen LogP) is 3.98. The summed E-state index contributed by atoms with van der Waals surface area (Å²) in [5.41, 5.74) is -0.113. The molecule has 0 spiro atoms. The minimum atomic E-state index is -0.834. The Morgan fingerprint density at radius 2 is 2.23 bits per heavy atom. The molecule has 0 fully saturated rings. The van der Waals surface area contributed by atoms with E-state index in [1.807, 2.05) is 6.07 Å². The van der Waals surface area contributed by atoms with Crippen molar-refractivity contribution in [1.29, 1.82) is 0 Å². The highest BCUT2D eigenvalue weighted by Crippen LogP contribution is 2.22. The Morgan fingerprint density at radius 3 is 2.77 bits per heavy atom. The summed E-state index contributed by atoms with van der Waals surface area (Å²) < 4.78 is 5.45. The maximum absolute atomic E-state index is 10.3. The maximum atomic E-state index is 10.3. The third-order valence-electron chi connectivity index (χ3n) is 1.36. The molecule has 0 aliphatic carbocycles. The first-order valence-electron chi connectivity index (χ1n) is 3.36. The molecule has 0 aliphatic rings. The molecule has 0 aliphatic heterocycles. The molecule has 1 aromatic rings. The number of hydrogen-bond donors (Lipinski definition) is 0. The third kappa shape index (κ3) is 3.55. The fraction of sp³-hybridized carbons (Fsp3) is 0.125. The Bertz CT molecular complexity index is 328. The molecular weight excluding hydrogens is 279 g/mol. The first-order valence-corrected chi connectivity index (χ1v) is 4.90. The van der Waals surface area contributed by atoms with Crippen LogP contribution in [0.15, 0.2) is 22.7 Å². The SMILES string of the molecule is O=C(Cl)OCc1ccc(Br)cc1Cl. The minimum absolute atomic E-state index is 0.0917. The lowest BCUT2D eigenvalue weighted by Crippen LogP contribution is -1.95. The standard InChI is InChI=1S/C8H5BrCl2O2/c9-6-2-1-5(7(10)3-6)4-13-8(11)12/h1-3H,4H2. The second-order valence-corrected chi connectivity index (χ2v) is 3.89. The number of carbonyl (C=O) groups excluding carboxylic acids is 1. The van der Waals surface area contributed by atoms with Gasteiger partial charge in [-0.2, -0.15) is 0 Å². The van der Waals surface area contributed by atoms with Crippen LogP contribution in [0.3, 0.4) is 0 Å². The first kappa shape index (κ1) is 10.8. The predicted molar refractivity (Wildman–Crippen MR) is 55.2 cm³/mol. The molecule has 0 aromatic heterocycles. The van der Waals surface area contributed by atoms with E-state index in [0.29, 0.717) is 5.02 Å². The van der Waals surface area contributed by atoms with Gasteiger partial charge in [-0.15, -0.1) is 0 Å². The van der Waals surface area contributed by atoms with E-state index in [-0.39, 0.29) is 6.61 Å². The third-order valence-corrected chi connectivity index (χ3v) is 2.31. The Hall–Kier alpha value is -0.250. The molecule has 0 saturated heterocycles. The molecule has 0 amide bonds. The van der Waals surface area contributed by atoms with Crippen LogP contribution in [0.1, 0.15) is 5.56 Å². The van der Waals surface area contributed by atoms with E-state index in [9.17, 15) is 4.79 Å². The molecular formula is C8H5BrCl2O2. The second-order valence-electron chi connectivity index (χ2n) is 2.26. The number of benzene rings is 1. The van der Waals surface area contributed by atoms with Crippen molar-refractivity contribution in [3.63, 3.8) is 0 Å². The molecule has 13 heavy (non-hydrogen) atoms. The number of carbonyl (C=O) groups is 1. The quantitative estimate of drug-likeness (QED) is 0.768. The van der Waals surface area contributed by atoms with Gasteiger partial charge in [-0.3, -0.25) is 0 Å². The summed E-state index contributed by atoms with van der Waals surface area (Å²) in [5.74, 6) is 0. The van der Waals surface area contributed by atoms with Crippen LogP contribution in [0.25, 0.3) is 0 Å². The molecule has 0 unspecified atom stereocenters. The van der Waals surface area contributed by atoms with Crippen LogP contribution in [0, 0.1) is 0 Å². The van der Waals surface area contributed by atoms with Crippen molar-refractivity contribution in [2.24, 2.45) is 0 Å². The van der Waals surface area contributed by atoms with Gasteiger partial charge in [0, 0.05) is 26.7 Å². The number of ether oxygens (including phenoxy) is 1. The van der Waals surface area contributed by atoms with Crippen molar-refractivity contribution in [1.82, 2.24) is 0 Å². The molecule has 70 valence electrons. The largest absolute Gasteiger partial charge is 0.449 e. The summed E-state index contributed by atoms with van der Waals surface area (Å²) in [7, 11) is 0. The monoisotopic (exact) mass is 282 g/mol. The van der Waals surface area contributed by atoms with Gasteiger partial charge in [-0.1, -0.05) is 33.6 Å². The average molecular weight is 284 g/mol. The van der Waals surface area contributed by atoms with E-state index in [1.165, 1.54) is 0 Å². The number of hydrogen-bond acceptors (Lipinski definition) is 2. The van der Waals surface area contributed by atoms with Gasteiger partial charge in [0.2, 0.25) is 0 Å². The van der Waals surface area contributed by atoms with Crippen molar-refractivity contribution in [3.05, 3.63) is 33.3 Å². The van der Waals surface area contributed by atoms with E-state index in [4.69, 9.17) is 23.2 Å². The molecule has 1 rings (SSSR count). The highest BCUT2D eigenvalue weighted by atomic mass is 79.9. The topological polar surface area (TPSA) is 26.3 Å². The summed E-state index contributed by atoms with van der Waals surface area (Å²) in [5, 5.41) is 0.535. The summed E-state index contributed by atoms with van der Waals surface area (Å²) >= 11 is 14.1. The van der Waals surface area contributed by atoms with Crippen molar-refractivity contribution in [2.45, 2.75) is 6.61 Å². The molecule has 1 aromatic carbocycles. The molecule has 0 radical (unpaired) electrons. The summed E-state index contributed by atoms with van der Waals surface area (Å²) in [6, 6.07) is 5.29. The lowest BCUT2D eigenvalue weighted by Gasteiger charge is -2.03. The minimum Gasteiger partial charge on any atom is -0.449 e. The van der Waals surface area contributed by atoms with Gasteiger partial charge in [-0.25, -0.2) is 4.79 Å². The van der Waals surface area contributed by atoms with Gasteiger partial charge in [0.1, 0.15) is 6.61 Å². The van der Waals surface area contributed by atoms with Crippen LogP contribution < -0.4 is 0 Å². The van der Waals surface area contributed by atoms with Gasteiger partial charge in [0.05, 0.1) is 0 Å². The van der Waals surface area contributed by atoms with E-state index < -0.39 is 5.43 Å². The molecule has 0 N–H and O–H groups in total. The van der Waals surface area contributed by atoms with Crippen molar-refractivity contribution in [2.75, 3.05) is 0 Å². The summed E-state index contributed by atoms with van der Waals surface area (Å²) in [4.78, 5) is 10.3. The van der Waals surface area contributed by atoms with Gasteiger partial charge in [0.25, 0.3) is 0 Å². The highest BCUT2D eigenvalue weighted by Gasteiger charge is 2.03. The Balaban J connectivity index is 2.72. The van der Waals surface area contributed by atoms with Crippen molar-refractivity contribution < 1.29 is 9.53 Å². The first-order chi connectivity index (χ1) is 6.09. The maximum Gasteiger partial charge on any atom is 0.404 e. The molecule has 5 heteroatoms. The van der Waals surface area contributed by atoms with Crippen molar-refractivity contribution in [3.8, 4) is 0 Å². The second kappa shape index (κ2) is 4.84. The zero-order valence-electron chi connectivity index (χ0n) is 6.39.